The van der Waals surface area contributed by atoms with Crippen LogP contribution in [0, 0.1) is 0 Å². The number of amides is 4. The third kappa shape index (κ3) is 3.94. The largest absolute Gasteiger partial charge is 0.465 e. The van der Waals surface area contributed by atoms with Crippen molar-refractivity contribution in [2.75, 3.05) is 32.7 Å². The van der Waals surface area contributed by atoms with Crippen molar-refractivity contribution in [3.63, 3.8) is 0 Å². The predicted molar refractivity (Wildman–Crippen MR) is 86.9 cm³/mol. The molecule has 1 atom stereocenters. The van der Waals surface area contributed by atoms with Crippen molar-refractivity contribution >= 4 is 29.5 Å². The zero-order valence-corrected chi connectivity index (χ0v) is 14.1. The number of nitrogens with one attached hydrogen (secondary N) is 2. The summed E-state index contributed by atoms with van der Waals surface area (Å²) in [5, 5.41) is 5.06. The van der Waals surface area contributed by atoms with E-state index in [-0.39, 0.29) is 6.61 Å². The molecule has 0 radical (unpaired) electrons. The number of urea groups is 1. The average Bonchev–Trinajstić information content (AvgIpc) is 2.78. The van der Waals surface area contributed by atoms with Crippen molar-refractivity contribution in [3.05, 3.63) is 29.8 Å². The van der Waals surface area contributed by atoms with Gasteiger partial charge in [0.25, 0.3) is 5.91 Å². The first-order chi connectivity index (χ1) is 11.8. The number of esters is 1. The molecule has 9 nitrogen and oxygen atoms in total. The molecule has 9 heteroatoms. The summed E-state index contributed by atoms with van der Waals surface area (Å²) in [5.74, 6) is -1.57. The van der Waals surface area contributed by atoms with Gasteiger partial charge in [0, 0.05) is 12.8 Å². The maximum atomic E-state index is 12.3. The van der Waals surface area contributed by atoms with Gasteiger partial charge in [-0.2, -0.15) is 0 Å². The summed E-state index contributed by atoms with van der Waals surface area (Å²) in [6.45, 7) is 1.10. The fourth-order valence-corrected chi connectivity index (χ4v) is 2.43. The van der Waals surface area contributed by atoms with Gasteiger partial charge in [-0.3, -0.25) is 14.5 Å². The zero-order chi connectivity index (χ0) is 18.6. The van der Waals surface area contributed by atoms with E-state index in [1.807, 2.05) is 0 Å². The van der Waals surface area contributed by atoms with Crippen LogP contribution >= 0.6 is 0 Å². The molecule has 0 spiro atoms. The molecule has 1 saturated heterocycles. The lowest BCUT2D eigenvalue weighted by molar-refractivity contribution is -0.134. The van der Waals surface area contributed by atoms with Gasteiger partial charge in [-0.25, -0.2) is 9.59 Å². The summed E-state index contributed by atoms with van der Waals surface area (Å²) in [4.78, 5) is 48.5. The first-order valence-corrected chi connectivity index (χ1v) is 7.42. The number of hydrogen-bond acceptors (Lipinski definition) is 6. The van der Waals surface area contributed by atoms with Crippen LogP contribution in [-0.4, -0.2) is 61.6 Å². The number of imide groups is 1. The second-order valence-corrected chi connectivity index (χ2v) is 5.70. The average molecular weight is 349 g/mol. The highest BCUT2D eigenvalue weighted by molar-refractivity contribution is 6.10. The number of benzene rings is 1. The lowest BCUT2D eigenvalue weighted by atomic mass is 10.0. The van der Waals surface area contributed by atoms with E-state index in [1.165, 1.54) is 45.4 Å². The van der Waals surface area contributed by atoms with E-state index < -0.39 is 35.9 Å². The Kier molecular flexibility index (Phi) is 5.38. The molecule has 1 aliphatic rings. The van der Waals surface area contributed by atoms with E-state index in [4.69, 9.17) is 4.74 Å². The Morgan fingerprint density at radius 1 is 1.20 bits per heavy atom. The molecule has 0 bridgehead atoms. The fraction of sp³-hybridized carbons (Fsp3) is 0.375. The third-order valence-corrected chi connectivity index (χ3v) is 3.67. The molecule has 1 unspecified atom stereocenters. The summed E-state index contributed by atoms with van der Waals surface area (Å²) in [6.07, 6.45) is 0. The molecule has 25 heavy (non-hydrogen) atoms. The quantitative estimate of drug-likeness (QED) is 0.566. The molecule has 4 amide bonds. The van der Waals surface area contributed by atoms with Crippen molar-refractivity contribution in [2.45, 2.75) is 12.5 Å². The van der Waals surface area contributed by atoms with E-state index >= 15 is 0 Å². The molecular weight excluding hydrogens is 330 g/mol. The minimum Gasteiger partial charge on any atom is -0.465 e. The molecule has 2 rings (SSSR count). The van der Waals surface area contributed by atoms with Crippen LogP contribution in [0.3, 0.4) is 0 Å². The van der Waals surface area contributed by atoms with Crippen LogP contribution in [0.5, 0.6) is 0 Å². The molecule has 0 saturated carbocycles. The molecule has 1 aliphatic heterocycles. The number of carbonyl (C=O) groups excluding carboxylic acids is 4. The van der Waals surface area contributed by atoms with Gasteiger partial charge in [0.2, 0.25) is 5.91 Å². The van der Waals surface area contributed by atoms with Crippen LogP contribution in [0.15, 0.2) is 24.3 Å². The number of ether oxygens (including phenoxy) is 2. The molecule has 1 fully saturated rings. The van der Waals surface area contributed by atoms with Crippen molar-refractivity contribution < 1.29 is 28.7 Å². The van der Waals surface area contributed by atoms with Crippen LogP contribution in [0.2, 0.25) is 0 Å². The zero-order valence-electron chi connectivity index (χ0n) is 14.1. The highest BCUT2D eigenvalue weighted by Crippen LogP contribution is 2.18. The first-order valence-electron chi connectivity index (χ1n) is 7.42. The maximum Gasteiger partial charge on any atom is 0.337 e. The lowest BCUT2D eigenvalue weighted by Gasteiger charge is -2.20. The molecule has 1 heterocycles. The van der Waals surface area contributed by atoms with Crippen LogP contribution in [-0.2, 0) is 19.1 Å². The number of methoxy groups -OCH3 is 2. The number of carbonyl (C=O) groups is 4. The Labute approximate surface area is 144 Å². The molecule has 1 aromatic rings. The number of hydrogen-bond donors (Lipinski definition) is 2. The molecule has 0 aromatic heterocycles. The number of nitrogens with zero attached hydrogens (tertiary/aromatic N) is 1. The highest BCUT2D eigenvalue weighted by Gasteiger charge is 2.48. The maximum absolute atomic E-state index is 12.3. The van der Waals surface area contributed by atoms with Crippen LogP contribution in [0.25, 0.3) is 0 Å². The van der Waals surface area contributed by atoms with Gasteiger partial charge in [-0.15, -0.1) is 0 Å². The normalized spacial score (nSPS) is 19.6. The van der Waals surface area contributed by atoms with E-state index in [0.717, 1.165) is 4.90 Å². The summed E-state index contributed by atoms with van der Waals surface area (Å²) in [7, 11) is 2.69. The summed E-state index contributed by atoms with van der Waals surface area (Å²) < 4.78 is 9.52. The Morgan fingerprint density at radius 2 is 1.84 bits per heavy atom. The van der Waals surface area contributed by atoms with Crippen molar-refractivity contribution in [1.29, 1.82) is 0 Å². The Bertz CT molecular complexity index is 702. The van der Waals surface area contributed by atoms with Crippen LogP contribution < -0.4 is 10.6 Å². The predicted octanol–water partition coefficient (Wildman–Crippen LogP) is 0.369. The third-order valence-electron chi connectivity index (χ3n) is 3.67. The van der Waals surface area contributed by atoms with E-state index in [2.05, 4.69) is 15.4 Å². The number of anilines is 1. The minimum absolute atomic E-state index is 0.00465. The van der Waals surface area contributed by atoms with Crippen LogP contribution in [0.4, 0.5) is 10.5 Å². The smallest absolute Gasteiger partial charge is 0.337 e. The van der Waals surface area contributed by atoms with Crippen LogP contribution in [0.1, 0.15) is 17.3 Å². The van der Waals surface area contributed by atoms with Gasteiger partial charge in [-0.05, 0) is 31.2 Å². The Morgan fingerprint density at radius 3 is 2.40 bits per heavy atom. The lowest BCUT2D eigenvalue weighted by Crippen LogP contribution is -2.48. The Hall–Kier alpha value is -2.94. The van der Waals surface area contributed by atoms with E-state index in [1.54, 1.807) is 0 Å². The second kappa shape index (κ2) is 7.31. The first kappa shape index (κ1) is 18.4. The number of rotatable bonds is 6. The van der Waals surface area contributed by atoms with E-state index in [9.17, 15) is 19.2 Å². The standard InChI is InChI=1S/C16H19N3O6/c1-16(9-24-2)14(22)19(15(23)18-16)8-12(20)17-11-6-4-10(5-7-11)13(21)25-3/h4-7H,8-9H2,1-3H3,(H,17,20)(H,18,23). The topological polar surface area (TPSA) is 114 Å². The van der Waals surface area contributed by atoms with Gasteiger partial charge in [0.05, 0.1) is 19.3 Å². The summed E-state index contributed by atoms with van der Waals surface area (Å²) in [5.41, 5.74) is -0.428. The molecule has 2 N–H and O–H groups in total. The Balaban J connectivity index is 1.99. The van der Waals surface area contributed by atoms with Gasteiger partial charge in [-0.1, -0.05) is 0 Å². The van der Waals surface area contributed by atoms with Gasteiger partial charge >= 0.3 is 12.0 Å². The van der Waals surface area contributed by atoms with Gasteiger partial charge in [0.15, 0.2) is 0 Å². The second-order valence-electron chi connectivity index (χ2n) is 5.70. The van der Waals surface area contributed by atoms with Gasteiger partial charge < -0.3 is 20.1 Å². The fourth-order valence-electron chi connectivity index (χ4n) is 2.43. The molecular formula is C16H19N3O6. The summed E-state index contributed by atoms with van der Waals surface area (Å²) >= 11 is 0. The highest BCUT2D eigenvalue weighted by atomic mass is 16.5. The van der Waals surface area contributed by atoms with E-state index in [0.29, 0.717) is 11.3 Å². The minimum atomic E-state index is -1.19. The molecule has 0 aliphatic carbocycles. The SMILES string of the molecule is COCC1(C)NC(=O)N(CC(=O)Nc2ccc(C(=O)OC)cc2)C1=O. The van der Waals surface area contributed by atoms with Crippen molar-refractivity contribution in [2.24, 2.45) is 0 Å². The molecule has 1 aromatic carbocycles. The summed E-state index contributed by atoms with van der Waals surface area (Å²) in [6, 6.07) is 5.37. The van der Waals surface area contributed by atoms with Crippen molar-refractivity contribution in [3.8, 4) is 0 Å². The molecule has 134 valence electrons. The van der Waals surface area contributed by atoms with Crippen molar-refractivity contribution in [1.82, 2.24) is 10.2 Å². The monoisotopic (exact) mass is 349 g/mol. The van der Waals surface area contributed by atoms with Gasteiger partial charge in [0.1, 0.15) is 12.1 Å².